The van der Waals surface area contributed by atoms with E-state index in [1.165, 1.54) is 6.92 Å². The average Bonchev–Trinajstić information content (AvgIpc) is 2.54. The van der Waals surface area contributed by atoms with E-state index in [4.69, 9.17) is 4.74 Å². The van der Waals surface area contributed by atoms with Crippen molar-refractivity contribution >= 4 is 17.4 Å². The van der Waals surface area contributed by atoms with Gasteiger partial charge >= 0.3 is 0 Å². The number of carbonyl (C=O) groups excluding carboxylic acids is 2. The lowest BCUT2D eigenvalue weighted by Crippen LogP contribution is -2.20. The standard InChI is InChI=1S/C19H19NO3/c1-3-7-15-8-4-5-11-18(15)23-13-19(22)20-17-10-6-9-16(12-17)14(2)21/h3-6,8-12H,1,7,13H2,2H3,(H,20,22). The predicted octanol–water partition coefficient (Wildman–Crippen LogP) is 3.64. The number of benzene rings is 2. The zero-order valence-corrected chi connectivity index (χ0v) is 13.0. The van der Waals surface area contributed by atoms with Gasteiger partial charge < -0.3 is 10.1 Å². The summed E-state index contributed by atoms with van der Waals surface area (Å²) in [6.45, 7) is 5.10. The minimum absolute atomic E-state index is 0.0456. The number of rotatable bonds is 7. The van der Waals surface area contributed by atoms with Gasteiger partial charge in [0.15, 0.2) is 12.4 Å². The van der Waals surface area contributed by atoms with Gasteiger partial charge in [-0.2, -0.15) is 0 Å². The zero-order valence-electron chi connectivity index (χ0n) is 13.0. The smallest absolute Gasteiger partial charge is 0.262 e. The van der Waals surface area contributed by atoms with Gasteiger partial charge in [0.1, 0.15) is 5.75 Å². The van der Waals surface area contributed by atoms with E-state index < -0.39 is 0 Å². The molecule has 4 heteroatoms. The van der Waals surface area contributed by atoms with E-state index in [1.807, 2.05) is 24.3 Å². The lowest BCUT2D eigenvalue weighted by atomic mass is 10.1. The molecule has 0 aliphatic rings. The molecule has 1 amide bonds. The topological polar surface area (TPSA) is 55.4 Å². The Labute approximate surface area is 135 Å². The van der Waals surface area contributed by atoms with E-state index in [2.05, 4.69) is 11.9 Å². The Morgan fingerprint density at radius 2 is 1.96 bits per heavy atom. The van der Waals surface area contributed by atoms with E-state index in [-0.39, 0.29) is 18.3 Å². The molecule has 0 fully saturated rings. The molecule has 0 aliphatic heterocycles. The molecule has 0 heterocycles. The summed E-state index contributed by atoms with van der Waals surface area (Å²) in [6, 6.07) is 14.3. The molecule has 0 saturated carbocycles. The number of para-hydroxylation sites is 1. The number of carbonyl (C=O) groups is 2. The van der Waals surface area contributed by atoms with Gasteiger partial charge in [-0.05, 0) is 37.1 Å². The second-order valence-electron chi connectivity index (χ2n) is 5.07. The van der Waals surface area contributed by atoms with Gasteiger partial charge in [0, 0.05) is 11.3 Å². The monoisotopic (exact) mass is 309 g/mol. The third-order valence-corrected chi connectivity index (χ3v) is 3.25. The number of Topliss-reactive ketones (excluding diaryl/α,β-unsaturated/α-hetero) is 1. The first-order valence-electron chi connectivity index (χ1n) is 7.32. The van der Waals surface area contributed by atoms with Gasteiger partial charge in [-0.15, -0.1) is 6.58 Å². The molecule has 1 N–H and O–H groups in total. The number of hydrogen-bond donors (Lipinski definition) is 1. The van der Waals surface area contributed by atoms with Crippen LogP contribution in [-0.4, -0.2) is 18.3 Å². The van der Waals surface area contributed by atoms with Crippen LogP contribution in [0.3, 0.4) is 0 Å². The van der Waals surface area contributed by atoms with Crippen LogP contribution in [0.15, 0.2) is 61.2 Å². The van der Waals surface area contributed by atoms with Crippen molar-refractivity contribution in [2.75, 3.05) is 11.9 Å². The lowest BCUT2D eigenvalue weighted by molar-refractivity contribution is -0.118. The van der Waals surface area contributed by atoms with Crippen molar-refractivity contribution in [3.8, 4) is 5.75 Å². The summed E-state index contributed by atoms with van der Waals surface area (Å²) in [5.74, 6) is 0.342. The Balaban J connectivity index is 1.97. The lowest BCUT2D eigenvalue weighted by Gasteiger charge is -2.11. The fourth-order valence-corrected chi connectivity index (χ4v) is 2.13. The highest BCUT2D eigenvalue weighted by Crippen LogP contribution is 2.19. The van der Waals surface area contributed by atoms with Gasteiger partial charge in [-0.3, -0.25) is 9.59 Å². The van der Waals surface area contributed by atoms with Gasteiger partial charge in [-0.25, -0.2) is 0 Å². The van der Waals surface area contributed by atoms with Crippen LogP contribution in [-0.2, 0) is 11.2 Å². The fourth-order valence-electron chi connectivity index (χ4n) is 2.13. The summed E-state index contributed by atoms with van der Waals surface area (Å²) in [4.78, 5) is 23.3. The SMILES string of the molecule is C=CCc1ccccc1OCC(=O)Nc1cccc(C(C)=O)c1. The number of allylic oxidation sites excluding steroid dienone is 1. The molecular formula is C19H19NO3. The summed E-state index contributed by atoms with van der Waals surface area (Å²) in [5, 5.41) is 2.72. The first kappa shape index (κ1) is 16.5. The molecule has 0 aromatic heterocycles. The number of hydrogen-bond acceptors (Lipinski definition) is 3. The van der Waals surface area contributed by atoms with E-state index in [1.54, 1.807) is 30.3 Å². The normalized spacial score (nSPS) is 9.96. The summed E-state index contributed by atoms with van der Waals surface area (Å²) in [6.07, 6.45) is 2.47. The largest absolute Gasteiger partial charge is 0.483 e. The Morgan fingerprint density at radius 1 is 1.17 bits per heavy atom. The molecule has 0 saturated heterocycles. The highest BCUT2D eigenvalue weighted by molar-refractivity contribution is 5.97. The Morgan fingerprint density at radius 3 is 2.70 bits per heavy atom. The van der Waals surface area contributed by atoms with E-state index >= 15 is 0 Å². The van der Waals surface area contributed by atoms with Crippen molar-refractivity contribution in [3.63, 3.8) is 0 Å². The quantitative estimate of drug-likeness (QED) is 0.627. The summed E-state index contributed by atoms with van der Waals surface area (Å²) >= 11 is 0. The fraction of sp³-hybridized carbons (Fsp3) is 0.158. The molecule has 0 aliphatic carbocycles. The van der Waals surface area contributed by atoms with Crippen molar-refractivity contribution in [3.05, 3.63) is 72.3 Å². The van der Waals surface area contributed by atoms with E-state index in [0.29, 0.717) is 23.4 Å². The summed E-state index contributed by atoms with van der Waals surface area (Å²) in [7, 11) is 0. The van der Waals surface area contributed by atoms with Crippen LogP contribution in [0, 0.1) is 0 Å². The van der Waals surface area contributed by atoms with Crippen molar-refractivity contribution in [1.29, 1.82) is 0 Å². The van der Waals surface area contributed by atoms with Gasteiger partial charge in [-0.1, -0.05) is 36.4 Å². The van der Waals surface area contributed by atoms with Crippen LogP contribution in [0.25, 0.3) is 0 Å². The van der Waals surface area contributed by atoms with Gasteiger partial charge in [0.05, 0.1) is 0 Å². The van der Waals surface area contributed by atoms with Crippen LogP contribution in [0.1, 0.15) is 22.8 Å². The van der Waals surface area contributed by atoms with Crippen molar-refractivity contribution < 1.29 is 14.3 Å². The first-order valence-corrected chi connectivity index (χ1v) is 7.32. The second-order valence-corrected chi connectivity index (χ2v) is 5.07. The van der Waals surface area contributed by atoms with E-state index in [9.17, 15) is 9.59 Å². The van der Waals surface area contributed by atoms with Crippen LogP contribution in [0.2, 0.25) is 0 Å². The predicted molar refractivity (Wildman–Crippen MR) is 90.9 cm³/mol. The maximum absolute atomic E-state index is 12.0. The van der Waals surface area contributed by atoms with Crippen LogP contribution in [0.4, 0.5) is 5.69 Å². The maximum atomic E-state index is 12.0. The van der Waals surface area contributed by atoms with Crippen molar-refractivity contribution in [2.45, 2.75) is 13.3 Å². The number of nitrogens with one attached hydrogen (secondary N) is 1. The van der Waals surface area contributed by atoms with E-state index in [0.717, 1.165) is 5.56 Å². The molecule has 118 valence electrons. The molecule has 23 heavy (non-hydrogen) atoms. The molecule has 0 atom stereocenters. The molecule has 4 nitrogen and oxygen atoms in total. The van der Waals surface area contributed by atoms with Crippen LogP contribution in [0.5, 0.6) is 5.75 Å². The van der Waals surface area contributed by atoms with Crippen molar-refractivity contribution in [1.82, 2.24) is 0 Å². The molecule has 2 rings (SSSR count). The summed E-state index contributed by atoms with van der Waals surface area (Å²) < 4.78 is 5.57. The second kappa shape index (κ2) is 7.94. The Bertz CT molecular complexity index is 722. The molecule has 2 aromatic rings. The number of ether oxygens (including phenoxy) is 1. The molecule has 0 spiro atoms. The average molecular weight is 309 g/mol. The minimum Gasteiger partial charge on any atom is -0.483 e. The molecular weight excluding hydrogens is 290 g/mol. The Kier molecular flexibility index (Phi) is 5.69. The van der Waals surface area contributed by atoms with Crippen LogP contribution >= 0.6 is 0 Å². The Hall–Kier alpha value is -2.88. The third-order valence-electron chi connectivity index (χ3n) is 3.25. The molecule has 0 unspecified atom stereocenters. The third kappa shape index (κ3) is 4.81. The maximum Gasteiger partial charge on any atom is 0.262 e. The zero-order chi connectivity index (χ0) is 16.7. The summed E-state index contributed by atoms with van der Waals surface area (Å²) in [5.41, 5.74) is 2.11. The molecule has 0 bridgehead atoms. The van der Waals surface area contributed by atoms with Gasteiger partial charge in [0.2, 0.25) is 0 Å². The van der Waals surface area contributed by atoms with Gasteiger partial charge in [0.25, 0.3) is 5.91 Å². The highest BCUT2D eigenvalue weighted by Gasteiger charge is 2.07. The van der Waals surface area contributed by atoms with Crippen LogP contribution < -0.4 is 10.1 Å². The number of anilines is 1. The minimum atomic E-state index is -0.279. The van der Waals surface area contributed by atoms with Crippen molar-refractivity contribution in [2.24, 2.45) is 0 Å². The molecule has 2 aromatic carbocycles. The highest BCUT2D eigenvalue weighted by atomic mass is 16.5. The molecule has 0 radical (unpaired) electrons. The number of amides is 1. The first-order chi connectivity index (χ1) is 11.1. The number of ketones is 1.